The predicted octanol–water partition coefficient (Wildman–Crippen LogP) is 5.63. The number of sulfone groups is 1. The van der Waals surface area contributed by atoms with Crippen molar-refractivity contribution in [3.63, 3.8) is 0 Å². The number of aryl methyl sites for hydroxylation is 2. The highest BCUT2D eigenvalue weighted by atomic mass is 79.9. The number of rotatable bonds is 6. The van der Waals surface area contributed by atoms with Crippen molar-refractivity contribution < 1.29 is 13.2 Å². The SMILES string of the molecule is Cc1ccccc1CS(=O)(=O)c1cn(CC(=O)Nc2ccc(Br)cc2C)c2ccccc12. The zero-order valence-electron chi connectivity index (χ0n) is 17.8. The molecule has 0 saturated heterocycles. The Morgan fingerprint density at radius 1 is 0.969 bits per heavy atom. The minimum atomic E-state index is -3.61. The zero-order valence-corrected chi connectivity index (χ0v) is 20.2. The molecule has 0 atom stereocenters. The molecular formula is C25H23BrN2O3S. The number of amides is 1. The van der Waals surface area contributed by atoms with Crippen LogP contribution in [0.1, 0.15) is 16.7 Å². The van der Waals surface area contributed by atoms with Crippen molar-refractivity contribution in [2.45, 2.75) is 31.0 Å². The number of hydrogen-bond donors (Lipinski definition) is 1. The molecule has 0 aliphatic rings. The molecule has 0 fully saturated rings. The Bertz CT molecular complexity index is 1420. The maximum Gasteiger partial charge on any atom is 0.244 e. The average molecular weight is 511 g/mol. The van der Waals surface area contributed by atoms with E-state index < -0.39 is 9.84 Å². The van der Waals surface area contributed by atoms with E-state index in [2.05, 4.69) is 21.2 Å². The van der Waals surface area contributed by atoms with Gasteiger partial charge in [-0.1, -0.05) is 58.4 Å². The van der Waals surface area contributed by atoms with Crippen molar-refractivity contribution in [2.75, 3.05) is 5.32 Å². The summed E-state index contributed by atoms with van der Waals surface area (Å²) in [6, 6.07) is 20.4. The van der Waals surface area contributed by atoms with Crippen molar-refractivity contribution in [1.29, 1.82) is 0 Å². The smallest absolute Gasteiger partial charge is 0.244 e. The van der Waals surface area contributed by atoms with Crippen molar-refractivity contribution in [3.8, 4) is 0 Å². The van der Waals surface area contributed by atoms with Gasteiger partial charge in [-0.05, 0) is 54.8 Å². The van der Waals surface area contributed by atoms with E-state index in [0.717, 1.165) is 26.9 Å². The van der Waals surface area contributed by atoms with E-state index in [0.29, 0.717) is 10.9 Å². The first-order valence-electron chi connectivity index (χ1n) is 10.2. The minimum Gasteiger partial charge on any atom is -0.337 e. The van der Waals surface area contributed by atoms with Crippen molar-refractivity contribution in [3.05, 3.63) is 94.1 Å². The number of nitrogens with zero attached hydrogens (tertiary/aromatic N) is 1. The summed E-state index contributed by atoms with van der Waals surface area (Å²) < 4.78 is 29.3. The maximum absolute atomic E-state index is 13.3. The molecule has 1 N–H and O–H groups in total. The molecule has 3 aromatic carbocycles. The second-order valence-electron chi connectivity index (χ2n) is 7.83. The molecule has 0 aliphatic carbocycles. The van der Waals surface area contributed by atoms with Crippen LogP contribution in [-0.2, 0) is 26.9 Å². The number of nitrogens with one attached hydrogen (secondary N) is 1. The number of carbonyl (C=O) groups excluding carboxylic acids is 1. The predicted molar refractivity (Wildman–Crippen MR) is 132 cm³/mol. The first-order valence-corrected chi connectivity index (χ1v) is 12.6. The van der Waals surface area contributed by atoms with Crippen LogP contribution in [-0.4, -0.2) is 18.9 Å². The Labute approximate surface area is 196 Å². The summed E-state index contributed by atoms with van der Waals surface area (Å²) in [5, 5.41) is 3.54. The van der Waals surface area contributed by atoms with Gasteiger partial charge in [-0.25, -0.2) is 8.42 Å². The van der Waals surface area contributed by atoms with Crippen LogP contribution in [0.15, 0.2) is 82.3 Å². The molecule has 32 heavy (non-hydrogen) atoms. The van der Waals surface area contributed by atoms with Gasteiger partial charge in [0.25, 0.3) is 0 Å². The highest BCUT2D eigenvalue weighted by Gasteiger charge is 2.23. The van der Waals surface area contributed by atoms with Gasteiger partial charge in [-0.3, -0.25) is 4.79 Å². The molecule has 0 unspecified atom stereocenters. The molecule has 1 aromatic heterocycles. The van der Waals surface area contributed by atoms with Crippen LogP contribution in [0.4, 0.5) is 5.69 Å². The molecule has 4 aromatic rings. The maximum atomic E-state index is 13.3. The molecule has 0 aliphatic heterocycles. The second kappa shape index (κ2) is 8.92. The molecule has 0 bridgehead atoms. The van der Waals surface area contributed by atoms with Crippen molar-refractivity contribution in [1.82, 2.24) is 4.57 Å². The molecular weight excluding hydrogens is 488 g/mol. The van der Waals surface area contributed by atoms with E-state index in [1.165, 1.54) is 0 Å². The Morgan fingerprint density at radius 2 is 1.69 bits per heavy atom. The van der Waals surface area contributed by atoms with Crippen molar-refractivity contribution >= 4 is 48.3 Å². The van der Waals surface area contributed by atoms with Gasteiger partial charge in [0.1, 0.15) is 6.54 Å². The summed E-state index contributed by atoms with van der Waals surface area (Å²) in [5.74, 6) is -0.308. The molecule has 0 saturated carbocycles. The van der Waals surface area contributed by atoms with Crippen LogP contribution < -0.4 is 5.32 Å². The van der Waals surface area contributed by atoms with Crippen LogP contribution >= 0.6 is 15.9 Å². The number of benzene rings is 3. The lowest BCUT2D eigenvalue weighted by molar-refractivity contribution is -0.116. The number of carbonyl (C=O) groups is 1. The number of halogens is 1. The fraction of sp³-hybridized carbons (Fsp3) is 0.160. The molecule has 1 amide bonds. The van der Waals surface area contributed by atoms with Crippen LogP contribution in [0, 0.1) is 13.8 Å². The van der Waals surface area contributed by atoms with Crippen molar-refractivity contribution in [2.24, 2.45) is 0 Å². The quantitative estimate of drug-likeness (QED) is 0.365. The van der Waals surface area contributed by atoms with Gasteiger partial charge < -0.3 is 9.88 Å². The molecule has 5 nitrogen and oxygen atoms in total. The normalized spacial score (nSPS) is 11.6. The van der Waals surface area contributed by atoms with Crippen LogP contribution in [0.2, 0.25) is 0 Å². The Kier molecular flexibility index (Phi) is 6.22. The van der Waals surface area contributed by atoms with Gasteiger partial charge in [0, 0.05) is 27.3 Å². The first-order chi connectivity index (χ1) is 15.2. The van der Waals surface area contributed by atoms with Gasteiger partial charge >= 0.3 is 0 Å². The Balaban J connectivity index is 1.65. The molecule has 7 heteroatoms. The van der Waals surface area contributed by atoms with Crippen LogP contribution in [0.3, 0.4) is 0 Å². The fourth-order valence-corrected chi connectivity index (χ4v) is 5.92. The van der Waals surface area contributed by atoms with E-state index in [4.69, 9.17) is 0 Å². The van der Waals surface area contributed by atoms with Gasteiger partial charge in [0.05, 0.1) is 10.6 Å². The Hall–Kier alpha value is -2.90. The monoisotopic (exact) mass is 510 g/mol. The van der Waals surface area contributed by atoms with Gasteiger partial charge in [-0.15, -0.1) is 0 Å². The summed E-state index contributed by atoms with van der Waals surface area (Å²) in [5.41, 5.74) is 4.07. The molecule has 0 radical (unpaired) electrons. The standard InChI is InChI=1S/C25H23BrN2O3S/c1-17-7-3-4-8-19(17)16-32(30,31)24-14-28(23-10-6-5-9-21(23)24)15-25(29)27-22-12-11-20(26)13-18(22)2/h3-14H,15-16H2,1-2H3,(H,27,29). The lowest BCUT2D eigenvalue weighted by Crippen LogP contribution is -2.18. The van der Waals surface area contributed by atoms with Gasteiger partial charge in [0.15, 0.2) is 9.84 Å². The minimum absolute atomic E-state index is 0.00982. The number of hydrogen-bond acceptors (Lipinski definition) is 3. The highest BCUT2D eigenvalue weighted by molar-refractivity contribution is 9.10. The number of anilines is 1. The zero-order chi connectivity index (χ0) is 22.9. The van der Waals surface area contributed by atoms with E-state index in [1.807, 2.05) is 74.5 Å². The average Bonchev–Trinajstić information content (AvgIpc) is 3.11. The second-order valence-corrected chi connectivity index (χ2v) is 10.7. The first kappa shape index (κ1) is 22.3. The Morgan fingerprint density at radius 3 is 2.44 bits per heavy atom. The van der Waals surface area contributed by atoms with Crippen LogP contribution in [0.5, 0.6) is 0 Å². The lowest BCUT2D eigenvalue weighted by Gasteiger charge is -2.10. The van der Waals surface area contributed by atoms with Crippen LogP contribution in [0.25, 0.3) is 10.9 Å². The molecule has 4 rings (SSSR count). The summed E-state index contributed by atoms with van der Waals surface area (Å²) >= 11 is 3.42. The third-order valence-corrected chi connectivity index (χ3v) is 7.65. The largest absolute Gasteiger partial charge is 0.337 e. The molecule has 0 spiro atoms. The third kappa shape index (κ3) is 4.64. The fourth-order valence-electron chi connectivity index (χ4n) is 3.76. The summed E-state index contributed by atoms with van der Waals surface area (Å²) in [6.45, 7) is 3.83. The van der Waals surface area contributed by atoms with Gasteiger partial charge in [-0.2, -0.15) is 0 Å². The lowest BCUT2D eigenvalue weighted by atomic mass is 10.1. The topological polar surface area (TPSA) is 68.2 Å². The van der Waals surface area contributed by atoms with Gasteiger partial charge in [0.2, 0.25) is 5.91 Å². The number of aromatic nitrogens is 1. The summed E-state index contributed by atoms with van der Waals surface area (Å²) in [7, 11) is -3.61. The number of fused-ring (bicyclic) bond motifs is 1. The third-order valence-electron chi connectivity index (χ3n) is 5.47. The van der Waals surface area contributed by atoms with E-state index in [1.54, 1.807) is 16.8 Å². The summed E-state index contributed by atoms with van der Waals surface area (Å²) in [4.78, 5) is 13.0. The highest BCUT2D eigenvalue weighted by Crippen LogP contribution is 2.29. The van der Waals surface area contributed by atoms with E-state index >= 15 is 0 Å². The molecule has 164 valence electrons. The van der Waals surface area contributed by atoms with E-state index in [9.17, 15) is 13.2 Å². The molecule has 1 heterocycles. The van der Waals surface area contributed by atoms with E-state index in [-0.39, 0.29) is 23.1 Å². The number of para-hydroxylation sites is 1. The summed E-state index contributed by atoms with van der Waals surface area (Å²) in [6.07, 6.45) is 1.58.